The molecule has 8 nitrogen and oxygen atoms in total. The average molecular weight is 428 g/mol. The van der Waals surface area contributed by atoms with E-state index < -0.39 is 0 Å². The van der Waals surface area contributed by atoms with Gasteiger partial charge in [-0.3, -0.25) is 0 Å². The quantitative estimate of drug-likeness (QED) is 0.390. The summed E-state index contributed by atoms with van der Waals surface area (Å²) in [6.45, 7) is 0.559. The van der Waals surface area contributed by atoms with Crippen molar-refractivity contribution in [3.8, 4) is 5.75 Å². The molecule has 0 saturated heterocycles. The average Bonchev–Trinajstić information content (AvgIpc) is 3.13. The fraction of sp³-hybridized carbons (Fsp3) is 0.381. The second-order valence-electron chi connectivity index (χ2n) is 7.35. The topological polar surface area (TPSA) is 115 Å². The molecule has 3 aromatic rings. The lowest BCUT2D eigenvalue weighted by molar-refractivity contribution is -0.0714. The highest BCUT2D eigenvalue weighted by Crippen LogP contribution is 2.43. The molecule has 30 heavy (non-hydrogen) atoms. The van der Waals surface area contributed by atoms with Crippen molar-refractivity contribution in [2.24, 2.45) is 0 Å². The number of methoxy groups -OCH3 is 3. The maximum atomic E-state index is 7.59. The van der Waals surface area contributed by atoms with E-state index in [0.29, 0.717) is 35.1 Å². The van der Waals surface area contributed by atoms with Crippen molar-refractivity contribution in [3.05, 3.63) is 34.5 Å². The zero-order valence-corrected chi connectivity index (χ0v) is 18.1. The molecule has 4 rings (SSSR count). The van der Waals surface area contributed by atoms with E-state index in [-0.39, 0.29) is 5.60 Å². The van der Waals surface area contributed by atoms with Crippen molar-refractivity contribution in [2.45, 2.75) is 24.9 Å². The number of rotatable bonds is 7. The van der Waals surface area contributed by atoms with Crippen LogP contribution in [0.4, 0.5) is 17.2 Å². The van der Waals surface area contributed by atoms with Gasteiger partial charge in [-0.2, -0.15) is 0 Å². The minimum atomic E-state index is -0.303. The highest BCUT2D eigenvalue weighted by molar-refractivity contribution is 7.19. The highest BCUT2D eigenvalue weighted by Gasteiger charge is 2.37. The summed E-state index contributed by atoms with van der Waals surface area (Å²) in [7, 11) is 5.04. The first-order valence-electron chi connectivity index (χ1n) is 9.58. The number of nitrogens with two attached hydrogens (primary N) is 1. The van der Waals surface area contributed by atoms with Crippen molar-refractivity contribution in [2.75, 3.05) is 39.0 Å². The number of nitrogens with one attached hydrogen (secondary N) is 2. The molecule has 2 aromatic heterocycles. The third-order valence-electron chi connectivity index (χ3n) is 5.64. The lowest BCUT2D eigenvalue weighted by Gasteiger charge is -2.35. The number of nitrogen functional groups attached to an aromatic ring is 1. The molecule has 0 amide bonds. The van der Waals surface area contributed by atoms with E-state index in [1.165, 1.54) is 16.7 Å². The van der Waals surface area contributed by atoms with Gasteiger partial charge in [0.15, 0.2) is 0 Å². The number of thiophene rings is 1. The number of ether oxygens (including phenoxy) is 3. The first kappa shape index (κ1) is 20.5. The summed E-state index contributed by atoms with van der Waals surface area (Å²) in [6, 6.07) is 3.50. The molecular weight excluding hydrogens is 402 g/mol. The molecule has 158 valence electrons. The third kappa shape index (κ3) is 3.49. The molecule has 0 fully saturated rings. The maximum absolute atomic E-state index is 7.59. The molecule has 1 atom stereocenters. The first-order valence-corrected chi connectivity index (χ1v) is 10.4. The maximum Gasteiger partial charge on any atom is 0.144 e. The van der Waals surface area contributed by atoms with Crippen LogP contribution in [0, 0.1) is 5.41 Å². The highest BCUT2D eigenvalue weighted by atomic mass is 32.1. The fourth-order valence-electron chi connectivity index (χ4n) is 4.02. The van der Waals surface area contributed by atoms with E-state index in [1.807, 2.05) is 0 Å². The lowest BCUT2D eigenvalue weighted by atomic mass is 9.84. The van der Waals surface area contributed by atoms with Gasteiger partial charge in [-0.15, -0.1) is 11.3 Å². The molecule has 0 saturated carbocycles. The van der Waals surface area contributed by atoms with Gasteiger partial charge in [0, 0.05) is 49.0 Å². The summed E-state index contributed by atoms with van der Waals surface area (Å²) in [5.74, 6) is 1.31. The van der Waals surface area contributed by atoms with Gasteiger partial charge < -0.3 is 30.7 Å². The van der Waals surface area contributed by atoms with E-state index >= 15 is 0 Å². The Balaban J connectivity index is 1.77. The van der Waals surface area contributed by atoms with E-state index in [4.69, 9.17) is 25.4 Å². The zero-order valence-electron chi connectivity index (χ0n) is 17.2. The number of hydrogen-bond donors (Lipinski definition) is 3. The van der Waals surface area contributed by atoms with Crippen LogP contribution >= 0.6 is 11.3 Å². The lowest BCUT2D eigenvalue weighted by Crippen LogP contribution is -2.41. The van der Waals surface area contributed by atoms with Crippen molar-refractivity contribution in [1.29, 1.82) is 5.41 Å². The molecule has 9 heteroatoms. The van der Waals surface area contributed by atoms with Crippen LogP contribution in [-0.2, 0) is 22.3 Å². The van der Waals surface area contributed by atoms with Gasteiger partial charge >= 0.3 is 0 Å². The number of nitrogens with zero attached hydrogens (tertiary/aromatic N) is 2. The molecule has 0 aliphatic heterocycles. The Kier molecular flexibility index (Phi) is 5.59. The van der Waals surface area contributed by atoms with Crippen molar-refractivity contribution >= 4 is 45.0 Å². The molecule has 1 unspecified atom stereocenters. The number of benzene rings is 1. The molecule has 0 spiro atoms. The second-order valence-corrected chi connectivity index (χ2v) is 8.44. The summed E-state index contributed by atoms with van der Waals surface area (Å²) in [6.07, 6.45) is 5.30. The van der Waals surface area contributed by atoms with Gasteiger partial charge in [0.25, 0.3) is 0 Å². The van der Waals surface area contributed by atoms with Crippen LogP contribution in [0.3, 0.4) is 0 Å². The SMILES string of the molecule is COCC1(OC)CCc2c(sc3ncnc(Nc4cc(C=N)c(N)cc4OC)c23)C1. The van der Waals surface area contributed by atoms with Gasteiger partial charge in [-0.25, -0.2) is 9.97 Å². The van der Waals surface area contributed by atoms with Crippen LogP contribution in [0.15, 0.2) is 18.5 Å². The van der Waals surface area contributed by atoms with Gasteiger partial charge in [-0.05, 0) is 24.5 Å². The number of aryl methyl sites for hydroxylation is 1. The monoisotopic (exact) mass is 427 g/mol. The summed E-state index contributed by atoms with van der Waals surface area (Å²) in [5.41, 5.74) is 8.74. The van der Waals surface area contributed by atoms with Crippen molar-refractivity contribution < 1.29 is 14.2 Å². The predicted octanol–water partition coefficient (Wildman–Crippen LogP) is 3.54. The van der Waals surface area contributed by atoms with E-state index in [1.54, 1.807) is 51.1 Å². The molecule has 1 aliphatic carbocycles. The van der Waals surface area contributed by atoms with Gasteiger partial charge in [0.2, 0.25) is 0 Å². The van der Waals surface area contributed by atoms with Crippen LogP contribution in [0.1, 0.15) is 22.4 Å². The number of anilines is 3. The molecule has 4 N–H and O–H groups in total. The molecule has 1 aliphatic rings. The largest absolute Gasteiger partial charge is 0.494 e. The predicted molar refractivity (Wildman–Crippen MR) is 120 cm³/mol. The Morgan fingerprint density at radius 1 is 1.30 bits per heavy atom. The second kappa shape index (κ2) is 8.17. The number of aromatic nitrogens is 2. The Morgan fingerprint density at radius 3 is 2.83 bits per heavy atom. The number of hydrogen-bond acceptors (Lipinski definition) is 9. The Morgan fingerprint density at radius 2 is 2.13 bits per heavy atom. The smallest absolute Gasteiger partial charge is 0.144 e. The zero-order chi connectivity index (χ0) is 21.3. The Hall–Kier alpha value is -2.75. The van der Waals surface area contributed by atoms with Crippen molar-refractivity contribution in [3.63, 3.8) is 0 Å². The normalized spacial score (nSPS) is 18.2. The fourth-order valence-corrected chi connectivity index (χ4v) is 5.34. The summed E-state index contributed by atoms with van der Waals surface area (Å²) in [5, 5.41) is 12.0. The summed E-state index contributed by atoms with van der Waals surface area (Å²) >= 11 is 1.67. The summed E-state index contributed by atoms with van der Waals surface area (Å²) in [4.78, 5) is 11.2. The Labute approximate surface area is 178 Å². The molecule has 2 heterocycles. The number of fused-ring (bicyclic) bond motifs is 3. The van der Waals surface area contributed by atoms with E-state index in [0.717, 1.165) is 29.5 Å². The first-order chi connectivity index (χ1) is 14.5. The molecular formula is C21H25N5O3S. The standard InChI is InChI=1S/C21H25N5O3S/c1-27-10-21(29-3)5-4-13-17(8-21)30-20-18(13)19(24-11-25-20)26-15-6-12(9-22)14(23)7-16(15)28-2/h6-7,9,11,22H,4-5,8,10,23H2,1-3H3,(H,24,25,26). The van der Waals surface area contributed by atoms with Gasteiger partial charge in [-0.1, -0.05) is 0 Å². The van der Waals surface area contributed by atoms with Crippen molar-refractivity contribution in [1.82, 2.24) is 9.97 Å². The van der Waals surface area contributed by atoms with E-state index in [2.05, 4.69) is 15.3 Å². The van der Waals surface area contributed by atoms with Crippen LogP contribution in [0.2, 0.25) is 0 Å². The minimum Gasteiger partial charge on any atom is -0.494 e. The molecule has 0 bridgehead atoms. The van der Waals surface area contributed by atoms with Crippen LogP contribution in [0.5, 0.6) is 5.75 Å². The van der Waals surface area contributed by atoms with Crippen LogP contribution in [-0.4, -0.2) is 49.7 Å². The Bertz CT molecular complexity index is 1100. The van der Waals surface area contributed by atoms with Crippen LogP contribution in [0.25, 0.3) is 10.2 Å². The summed E-state index contributed by atoms with van der Waals surface area (Å²) < 4.78 is 16.8. The third-order valence-corrected chi connectivity index (χ3v) is 6.78. The van der Waals surface area contributed by atoms with Gasteiger partial charge in [0.05, 0.1) is 30.4 Å². The van der Waals surface area contributed by atoms with Gasteiger partial charge in [0.1, 0.15) is 22.7 Å². The molecule has 1 aromatic carbocycles. The molecule has 0 radical (unpaired) electrons. The van der Waals surface area contributed by atoms with Crippen LogP contribution < -0.4 is 15.8 Å². The minimum absolute atomic E-state index is 0.303. The van der Waals surface area contributed by atoms with E-state index in [9.17, 15) is 0 Å².